The number of benzene rings is 2. The molecule has 0 fully saturated rings. The van der Waals surface area contributed by atoms with Crippen LogP contribution in [0.5, 0.6) is 0 Å². The summed E-state index contributed by atoms with van der Waals surface area (Å²) >= 11 is 5.92. The zero-order valence-electron chi connectivity index (χ0n) is 10.4. The number of hydrogen-bond donors (Lipinski definition) is 0. The number of nitrogens with zero attached hydrogens (tertiary/aromatic N) is 3. The summed E-state index contributed by atoms with van der Waals surface area (Å²) in [6, 6.07) is 17.6. The molecule has 0 saturated heterocycles. The van der Waals surface area contributed by atoms with E-state index in [4.69, 9.17) is 11.6 Å². The molecule has 0 N–H and O–H groups in total. The lowest BCUT2D eigenvalue weighted by molar-refractivity contribution is 0.869. The molecule has 2 aromatic carbocycles. The molecule has 3 rings (SSSR count). The van der Waals surface area contributed by atoms with Gasteiger partial charge in [0, 0.05) is 10.6 Å². The number of aryl methyl sites for hydroxylation is 1. The van der Waals surface area contributed by atoms with Crippen LogP contribution in [0.3, 0.4) is 0 Å². The molecule has 0 radical (unpaired) electrons. The van der Waals surface area contributed by atoms with Gasteiger partial charge in [-0.25, -0.2) is 9.67 Å². The maximum atomic E-state index is 5.92. The summed E-state index contributed by atoms with van der Waals surface area (Å²) in [5.74, 6) is 1.58. The summed E-state index contributed by atoms with van der Waals surface area (Å²) in [6.45, 7) is 1.89. The fraction of sp³-hybridized carbons (Fsp3) is 0.0667. The topological polar surface area (TPSA) is 30.7 Å². The van der Waals surface area contributed by atoms with Crippen molar-refractivity contribution in [2.24, 2.45) is 0 Å². The third-order valence-electron chi connectivity index (χ3n) is 2.82. The maximum Gasteiger partial charge on any atom is 0.163 e. The zero-order valence-corrected chi connectivity index (χ0v) is 11.2. The van der Waals surface area contributed by atoms with Crippen LogP contribution in [0.15, 0.2) is 54.6 Å². The summed E-state index contributed by atoms with van der Waals surface area (Å²) in [7, 11) is 0. The molecule has 0 aliphatic rings. The van der Waals surface area contributed by atoms with Crippen LogP contribution in [0.2, 0.25) is 5.02 Å². The number of rotatable bonds is 2. The van der Waals surface area contributed by atoms with Crippen molar-refractivity contribution < 1.29 is 0 Å². The molecule has 3 aromatic rings. The first-order valence-electron chi connectivity index (χ1n) is 5.99. The van der Waals surface area contributed by atoms with Crippen LogP contribution < -0.4 is 0 Å². The molecule has 0 amide bonds. The van der Waals surface area contributed by atoms with E-state index in [1.807, 2.05) is 66.2 Å². The van der Waals surface area contributed by atoms with E-state index in [-0.39, 0.29) is 0 Å². The van der Waals surface area contributed by atoms with Gasteiger partial charge in [0.2, 0.25) is 0 Å². The predicted molar refractivity (Wildman–Crippen MR) is 76.5 cm³/mol. The van der Waals surface area contributed by atoms with Crippen LogP contribution >= 0.6 is 11.6 Å². The van der Waals surface area contributed by atoms with Gasteiger partial charge in [0.05, 0.1) is 5.69 Å². The molecule has 0 bridgehead atoms. The van der Waals surface area contributed by atoms with E-state index in [2.05, 4.69) is 10.1 Å². The highest BCUT2D eigenvalue weighted by Gasteiger charge is 2.10. The standard InChI is InChI=1S/C15H12ClN3/c1-11-17-15(12-5-3-2-4-6-12)19(18-11)14-9-7-13(16)8-10-14/h2-10H,1H3. The second-order valence-electron chi connectivity index (χ2n) is 4.24. The Hall–Kier alpha value is -2.13. The first-order valence-corrected chi connectivity index (χ1v) is 6.37. The molecule has 0 aliphatic carbocycles. The summed E-state index contributed by atoms with van der Waals surface area (Å²) in [5.41, 5.74) is 1.99. The van der Waals surface area contributed by atoms with E-state index in [1.54, 1.807) is 0 Å². The van der Waals surface area contributed by atoms with Gasteiger partial charge in [0.15, 0.2) is 5.82 Å². The Morgan fingerprint density at radius 2 is 1.63 bits per heavy atom. The first kappa shape index (κ1) is 11.9. The normalized spacial score (nSPS) is 10.6. The lowest BCUT2D eigenvalue weighted by atomic mass is 10.2. The number of halogens is 1. The summed E-state index contributed by atoms with van der Waals surface area (Å²) in [5, 5.41) is 5.16. The summed E-state index contributed by atoms with van der Waals surface area (Å²) < 4.78 is 1.83. The van der Waals surface area contributed by atoms with Gasteiger partial charge in [-0.3, -0.25) is 0 Å². The molecule has 0 aliphatic heterocycles. The lowest BCUT2D eigenvalue weighted by Gasteiger charge is -2.05. The fourth-order valence-electron chi connectivity index (χ4n) is 1.95. The van der Waals surface area contributed by atoms with Gasteiger partial charge in [-0.2, -0.15) is 5.10 Å². The van der Waals surface area contributed by atoms with E-state index in [1.165, 1.54) is 0 Å². The zero-order chi connectivity index (χ0) is 13.2. The quantitative estimate of drug-likeness (QED) is 0.706. The molecule has 19 heavy (non-hydrogen) atoms. The van der Waals surface area contributed by atoms with Crippen molar-refractivity contribution in [3.8, 4) is 17.1 Å². The maximum absolute atomic E-state index is 5.92. The third-order valence-corrected chi connectivity index (χ3v) is 3.07. The molecule has 0 saturated carbocycles. The average Bonchev–Trinajstić information content (AvgIpc) is 2.83. The van der Waals surface area contributed by atoms with Crippen molar-refractivity contribution in [1.29, 1.82) is 0 Å². The van der Waals surface area contributed by atoms with Crippen molar-refractivity contribution >= 4 is 11.6 Å². The molecule has 0 spiro atoms. The van der Waals surface area contributed by atoms with Crippen LogP contribution in [0.4, 0.5) is 0 Å². The summed E-state index contributed by atoms with van der Waals surface area (Å²) in [4.78, 5) is 4.50. The van der Waals surface area contributed by atoms with Crippen molar-refractivity contribution in [2.45, 2.75) is 6.92 Å². The van der Waals surface area contributed by atoms with E-state index < -0.39 is 0 Å². The molecule has 0 atom stereocenters. The Labute approximate surface area is 116 Å². The highest BCUT2D eigenvalue weighted by atomic mass is 35.5. The first-order chi connectivity index (χ1) is 9.24. The number of aromatic nitrogens is 3. The Balaban J connectivity index is 2.15. The van der Waals surface area contributed by atoms with E-state index in [0.29, 0.717) is 5.02 Å². The van der Waals surface area contributed by atoms with Crippen LogP contribution in [0.1, 0.15) is 5.82 Å². The molecule has 1 aromatic heterocycles. The Morgan fingerprint density at radius 1 is 0.947 bits per heavy atom. The Kier molecular flexibility index (Phi) is 3.05. The third kappa shape index (κ3) is 2.37. The molecule has 94 valence electrons. The SMILES string of the molecule is Cc1nc(-c2ccccc2)n(-c2ccc(Cl)cc2)n1. The highest BCUT2D eigenvalue weighted by Crippen LogP contribution is 2.21. The smallest absolute Gasteiger partial charge is 0.163 e. The molecule has 3 nitrogen and oxygen atoms in total. The number of hydrogen-bond acceptors (Lipinski definition) is 2. The van der Waals surface area contributed by atoms with Crippen LogP contribution in [-0.2, 0) is 0 Å². The van der Waals surface area contributed by atoms with Crippen LogP contribution in [0, 0.1) is 6.92 Å². The van der Waals surface area contributed by atoms with Crippen molar-refractivity contribution in [1.82, 2.24) is 14.8 Å². The molecule has 1 heterocycles. The van der Waals surface area contributed by atoms with E-state index in [0.717, 1.165) is 22.9 Å². The van der Waals surface area contributed by atoms with Crippen LogP contribution in [-0.4, -0.2) is 14.8 Å². The Morgan fingerprint density at radius 3 is 2.32 bits per heavy atom. The Bertz CT molecular complexity index is 687. The van der Waals surface area contributed by atoms with Crippen LogP contribution in [0.25, 0.3) is 17.1 Å². The summed E-state index contributed by atoms with van der Waals surface area (Å²) in [6.07, 6.45) is 0. The van der Waals surface area contributed by atoms with Gasteiger partial charge in [-0.1, -0.05) is 41.9 Å². The van der Waals surface area contributed by atoms with Crippen molar-refractivity contribution in [3.63, 3.8) is 0 Å². The minimum Gasteiger partial charge on any atom is -0.213 e. The van der Waals surface area contributed by atoms with Gasteiger partial charge in [0.25, 0.3) is 0 Å². The van der Waals surface area contributed by atoms with E-state index in [9.17, 15) is 0 Å². The molecule has 0 unspecified atom stereocenters. The van der Waals surface area contributed by atoms with Gasteiger partial charge >= 0.3 is 0 Å². The molecular weight excluding hydrogens is 258 g/mol. The van der Waals surface area contributed by atoms with Gasteiger partial charge < -0.3 is 0 Å². The monoisotopic (exact) mass is 269 g/mol. The predicted octanol–water partition coefficient (Wildman–Crippen LogP) is 3.90. The molecular formula is C15H12ClN3. The average molecular weight is 270 g/mol. The minimum atomic E-state index is 0.710. The van der Waals surface area contributed by atoms with Crippen molar-refractivity contribution in [3.05, 3.63) is 65.4 Å². The largest absolute Gasteiger partial charge is 0.213 e. The van der Waals surface area contributed by atoms with Gasteiger partial charge in [-0.15, -0.1) is 0 Å². The lowest BCUT2D eigenvalue weighted by Crippen LogP contribution is -1.99. The minimum absolute atomic E-state index is 0.710. The second kappa shape index (κ2) is 4.86. The van der Waals surface area contributed by atoms with Gasteiger partial charge in [0.1, 0.15) is 5.82 Å². The van der Waals surface area contributed by atoms with Crippen molar-refractivity contribution in [2.75, 3.05) is 0 Å². The van der Waals surface area contributed by atoms with Gasteiger partial charge in [-0.05, 0) is 31.2 Å². The van der Waals surface area contributed by atoms with E-state index >= 15 is 0 Å². The molecule has 4 heteroatoms. The highest BCUT2D eigenvalue weighted by molar-refractivity contribution is 6.30. The fourth-order valence-corrected chi connectivity index (χ4v) is 2.08. The second-order valence-corrected chi connectivity index (χ2v) is 4.67.